The molecule has 0 spiro atoms. The number of aliphatic carboxylic acids is 15. The minimum absolute atomic E-state index is 0.125. The first-order valence-corrected chi connectivity index (χ1v) is 40.8. The van der Waals surface area contributed by atoms with Gasteiger partial charge in [-0.15, -0.1) is 0 Å². The largest absolute Gasteiger partial charge is 0.481 e. The Labute approximate surface area is 782 Å². The Hall–Kier alpha value is -16.0. The number of nitro groups is 1. The van der Waals surface area contributed by atoms with Crippen LogP contribution < -0.4 is 86.4 Å². The number of amides is 7. The molecule has 1 heterocycles. The molecule has 774 valence electrons. The standard InChI is InChI=1S/C74H101N19O47/c1-28-77-27-44(93(139)140)92(28)19-18-76-68(132)35(8-16-51(106)107)86-91-43(26-59(122)123)74(138)80-34(7-15-50(104)105)70(134)82-39(22-55(114)115)66(130)63(127)32(5-13-48(100)101)85-90-42(25-58(120)121)73(137)79-33(6-14-49(102)103)69(133)81-38(21-54(112)113)65(129)62(126)31(4-12-47(98)99)84-89-41(24-57(118)119)72(136)78-30(3-11-46(96)97)61(125)64(128)37(20-53(110)111)83-71(135)36(9-17-52(108)109)87-88-40(23-56(116)117)67(131)60(124)29(75)2-10-45(94)95/h27,29-43,84-91H,2-26,75H2,1H3,(H,76,132)(H,78,136)(H,79,137)(H,80,138)(H,81,133)(H,82,134)(H,83,135)(H,94,95)(H,96,97)(H,98,99)(H,100,101)(H,102,103)(H,104,105)(H,106,107)(H,108,109)(H,110,111)(H,112,113)(H,114,115)(H,116,117)(H,118,119)(H,120,121)(H,122,123)/t29-,30-,31-,32-,33-,34-,35-,36-,37-,38-,39-,40-,41-,42-,43-/m0/s1. The number of rotatable bonds is 79. The molecule has 1 rings (SSSR count). The van der Waals surface area contributed by atoms with Gasteiger partial charge >= 0.3 is 95.4 Å². The molecule has 0 aliphatic carbocycles. The summed E-state index contributed by atoms with van der Waals surface area (Å²) in [5, 5.41) is 169. The van der Waals surface area contributed by atoms with Crippen LogP contribution in [0.5, 0.6) is 0 Å². The van der Waals surface area contributed by atoms with Gasteiger partial charge in [-0.3, -0.25) is 144 Å². The highest BCUT2D eigenvalue weighted by molar-refractivity contribution is 6.43. The monoisotopic (exact) mass is 2010 g/mol. The third kappa shape index (κ3) is 46.9. The number of nitrogens with one attached hydrogen (secondary N) is 15. The van der Waals surface area contributed by atoms with E-state index in [4.69, 9.17) is 10.8 Å². The number of aryl methyl sites for hydroxylation is 1. The highest BCUT2D eigenvalue weighted by Crippen LogP contribution is 2.17. The van der Waals surface area contributed by atoms with E-state index in [2.05, 4.69) is 21.2 Å². The molecule has 0 bridgehead atoms. The first-order valence-electron chi connectivity index (χ1n) is 40.8. The molecule has 0 radical (unpaired) electrons. The van der Waals surface area contributed by atoms with E-state index >= 15 is 0 Å². The van der Waals surface area contributed by atoms with Crippen molar-refractivity contribution in [3.05, 3.63) is 22.1 Å². The van der Waals surface area contributed by atoms with Gasteiger partial charge in [0.05, 0.1) is 81.7 Å². The predicted octanol–water partition coefficient (Wildman–Crippen LogP) is -12.4. The van der Waals surface area contributed by atoms with Crippen molar-refractivity contribution in [1.82, 2.24) is 90.2 Å². The number of Topliss-reactive ketones (excluding diaryl/α,β-unsaturated/α-hetero) is 8. The molecule has 140 heavy (non-hydrogen) atoms. The highest BCUT2D eigenvalue weighted by atomic mass is 16.6. The second kappa shape index (κ2) is 61.1. The van der Waals surface area contributed by atoms with Crippen LogP contribution in [0.25, 0.3) is 0 Å². The zero-order valence-corrected chi connectivity index (χ0v) is 73.1. The van der Waals surface area contributed by atoms with E-state index in [1.165, 1.54) is 6.92 Å². The SMILES string of the molecule is Cc1ncc([N+](=O)[O-])n1CCNC(=O)[C@H](CCC(=O)O)NN[C@@H](CC(=O)O)C(=O)N[C@@H](CCC(=O)O)C(=O)N[C@@H](CC(=O)O)C(=O)C(=O)[C@H](CCC(=O)O)NN[C@@H](CC(=O)O)C(=O)N[C@@H](CCC(=O)O)C(=O)N[C@@H](CC(=O)O)C(=O)C(=O)[C@H](CCC(=O)O)NN[C@@H](CC(=O)O)C(=O)N[C@@H](CCC(=O)O)C(=O)C(=O)[C@H](CC(=O)O)NC(=O)[C@H](CCC(=O)O)NN[C@@H](CC(=O)O)C(=O)C(=O)[C@@H](N)CCC(=O)O. The fourth-order valence-corrected chi connectivity index (χ4v) is 12.0. The number of hydrogen-bond donors (Lipinski definition) is 31. The van der Waals surface area contributed by atoms with Gasteiger partial charge in [-0.1, -0.05) is 0 Å². The molecule has 1 aromatic rings. The third-order valence-electron chi connectivity index (χ3n) is 19.1. The first kappa shape index (κ1) is 122. The number of ketones is 8. The van der Waals surface area contributed by atoms with E-state index in [-0.39, 0.29) is 12.4 Å². The zero-order chi connectivity index (χ0) is 107. The molecule has 1 aromatic heterocycles. The summed E-state index contributed by atoms with van der Waals surface area (Å²) in [4.78, 5) is 402. The Balaban J connectivity index is 3.86. The highest BCUT2D eigenvalue weighted by Gasteiger charge is 2.44. The molecule has 32 N–H and O–H groups in total. The topological polar surface area (TPSA) is 1080 Å². The summed E-state index contributed by atoms with van der Waals surface area (Å²) in [5.41, 5.74) is 21.7. The van der Waals surface area contributed by atoms with Crippen molar-refractivity contribution in [1.29, 1.82) is 0 Å². The van der Waals surface area contributed by atoms with Crippen molar-refractivity contribution >= 4 is 183 Å². The molecule has 0 aliphatic heterocycles. The van der Waals surface area contributed by atoms with Crippen molar-refractivity contribution in [3.63, 3.8) is 0 Å². The summed E-state index contributed by atoms with van der Waals surface area (Å²) in [7, 11) is 0. The maximum absolute atomic E-state index is 14.2. The number of carbonyl (C=O) groups excluding carboxylic acids is 15. The van der Waals surface area contributed by atoms with Crippen LogP contribution in [0.4, 0.5) is 5.82 Å². The fraction of sp³-hybridized carbons (Fsp3) is 0.554. The fourth-order valence-electron chi connectivity index (χ4n) is 12.0. The average Bonchev–Trinajstić information content (AvgIpc) is 1.45. The number of carboxylic acids is 15. The molecule has 0 fully saturated rings. The van der Waals surface area contributed by atoms with Crippen LogP contribution in [0.3, 0.4) is 0 Å². The van der Waals surface area contributed by atoms with E-state index in [0.717, 1.165) is 10.8 Å². The Kier molecular flexibility index (Phi) is 53.3. The third-order valence-corrected chi connectivity index (χ3v) is 19.1. The van der Waals surface area contributed by atoms with E-state index in [0.29, 0.717) is 0 Å². The van der Waals surface area contributed by atoms with E-state index in [1.54, 1.807) is 21.3 Å². The van der Waals surface area contributed by atoms with Crippen LogP contribution in [0.15, 0.2) is 6.20 Å². The Bertz CT molecular complexity index is 4860. The van der Waals surface area contributed by atoms with Crippen molar-refractivity contribution in [3.8, 4) is 0 Å². The van der Waals surface area contributed by atoms with Gasteiger partial charge in [-0.25, -0.2) is 53.0 Å². The quantitative estimate of drug-likeness (QED) is 0.0164. The lowest BCUT2D eigenvalue weighted by atomic mass is 9.96. The second-order valence-corrected chi connectivity index (χ2v) is 30.0. The Morgan fingerprint density at radius 1 is 0.279 bits per heavy atom. The smallest absolute Gasteiger partial charge is 0.342 e. The van der Waals surface area contributed by atoms with Crippen LogP contribution in [0.2, 0.25) is 0 Å². The van der Waals surface area contributed by atoms with Crippen molar-refractivity contribution in [2.45, 2.75) is 252 Å². The lowest BCUT2D eigenvalue weighted by Gasteiger charge is -2.27. The normalized spacial score (nSPS) is 14.2. The molecule has 0 aliphatic rings. The summed E-state index contributed by atoms with van der Waals surface area (Å²) >= 11 is 0. The summed E-state index contributed by atoms with van der Waals surface area (Å²) in [6.07, 6.45) is -26.5. The maximum atomic E-state index is 14.2. The number of nitrogens with zero attached hydrogens (tertiary/aromatic N) is 3. The number of carbonyl (C=O) groups is 30. The van der Waals surface area contributed by atoms with Crippen LogP contribution >= 0.6 is 0 Å². The number of imidazole rings is 1. The van der Waals surface area contributed by atoms with Crippen molar-refractivity contribution in [2.75, 3.05) is 6.54 Å². The van der Waals surface area contributed by atoms with Crippen LogP contribution in [0.1, 0.15) is 154 Å². The minimum atomic E-state index is -2.78. The van der Waals surface area contributed by atoms with E-state index < -0.39 is 433 Å². The Morgan fingerprint density at radius 3 is 0.793 bits per heavy atom. The Morgan fingerprint density at radius 2 is 0.486 bits per heavy atom. The summed E-state index contributed by atoms with van der Waals surface area (Å²) in [6, 6.07) is -35.5. The van der Waals surface area contributed by atoms with E-state index in [9.17, 15) is 225 Å². The van der Waals surface area contributed by atoms with Gasteiger partial charge < -0.3 is 130 Å². The number of hydrogen-bond acceptors (Lipinski definition) is 42. The van der Waals surface area contributed by atoms with Gasteiger partial charge in [0.2, 0.25) is 87.6 Å². The zero-order valence-electron chi connectivity index (χ0n) is 73.1. The molecule has 0 aromatic carbocycles. The molecular weight excluding hydrogens is 1910 g/mol. The van der Waals surface area contributed by atoms with Gasteiger partial charge in [0.1, 0.15) is 73.2 Å². The number of hydrazine groups is 4. The van der Waals surface area contributed by atoms with Crippen molar-refractivity contribution in [2.24, 2.45) is 5.73 Å². The molecule has 0 saturated carbocycles. The van der Waals surface area contributed by atoms with E-state index in [1.807, 2.05) is 43.2 Å². The van der Waals surface area contributed by atoms with Gasteiger partial charge in [0, 0.05) is 58.3 Å². The maximum Gasteiger partial charge on any atom is 0.342 e. The molecule has 66 nitrogen and oxygen atoms in total. The van der Waals surface area contributed by atoms with Gasteiger partial charge in [-0.05, 0) is 56.3 Å². The molecule has 0 saturated heterocycles. The number of nitrogens with two attached hydrogens (primary N) is 1. The summed E-state index contributed by atoms with van der Waals surface area (Å²) in [6.45, 7) is 0.699. The molecule has 66 heteroatoms. The number of aromatic nitrogens is 2. The average molecular weight is 2010 g/mol. The summed E-state index contributed by atoms with van der Waals surface area (Å²) < 4.78 is 1.08. The van der Waals surface area contributed by atoms with Crippen LogP contribution in [-0.2, 0) is 150 Å². The molecular formula is C74H101N19O47. The van der Waals surface area contributed by atoms with Crippen LogP contribution in [0, 0.1) is 17.0 Å². The first-order chi connectivity index (χ1) is 65.2. The molecule has 0 unspecified atom stereocenters. The van der Waals surface area contributed by atoms with Crippen LogP contribution in [-0.4, -0.2) is 365 Å². The predicted molar refractivity (Wildman–Crippen MR) is 442 cm³/mol. The lowest BCUT2D eigenvalue weighted by molar-refractivity contribution is -0.392. The summed E-state index contributed by atoms with van der Waals surface area (Å²) in [5.74, 6) is -55.0. The molecule has 7 amide bonds. The van der Waals surface area contributed by atoms with Gasteiger partial charge in [-0.2, -0.15) is 0 Å². The van der Waals surface area contributed by atoms with Crippen molar-refractivity contribution < 1.29 is 225 Å². The second-order valence-electron chi connectivity index (χ2n) is 30.0. The minimum Gasteiger partial charge on any atom is -0.481 e. The molecule has 15 atom stereocenters. The lowest BCUT2D eigenvalue weighted by Crippen LogP contribution is -2.62. The number of carboxylic acid groups (broad SMARTS) is 15. The van der Waals surface area contributed by atoms with Gasteiger partial charge in [0.15, 0.2) is 5.82 Å². The van der Waals surface area contributed by atoms with Gasteiger partial charge in [0.25, 0.3) is 0 Å².